The largest absolute Gasteiger partial charge is 0.484 e. The summed E-state index contributed by atoms with van der Waals surface area (Å²) >= 11 is 5.73. The Bertz CT molecular complexity index is 764. The second-order valence-corrected chi connectivity index (χ2v) is 5.01. The van der Waals surface area contributed by atoms with E-state index in [9.17, 15) is 26.7 Å². The van der Waals surface area contributed by atoms with E-state index in [2.05, 4.69) is 5.32 Å². The molecule has 0 heterocycles. The van der Waals surface area contributed by atoms with Gasteiger partial charge >= 0.3 is 6.18 Å². The number of nitrogens with one attached hydrogen (secondary N) is 1. The molecule has 0 bridgehead atoms. The highest BCUT2D eigenvalue weighted by Gasteiger charge is 2.31. The second-order valence-electron chi connectivity index (χ2n) is 4.61. The van der Waals surface area contributed by atoms with E-state index < -0.39 is 35.9 Å². The number of carbonyl (C=O) groups excluding carboxylic acids is 1. The molecule has 24 heavy (non-hydrogen) atoms. The maximum atomic E-state index is 13.0. The van der Waals surface area contributed by atoms with E-state index in [1.54, 1.807) is 0 Å². The van der Waals surface area contributed by atoms with Crippen molar-refractivity contribution in [1.82, 2.24) is 0 Å². The van der Waals surface area contributed by atoms with E-state index in [-0.39, 0.29) is 16.5 Å². The van der Waals surface area contributed by atoms with Crippen molar-refractivity contribution < 1.29 is 31.5 Å². The molecule has 1 amide bonds. The Hall–Kier alpha value is -2.35. The third-order valence-electron chi connectivity index (χ3n) is 2.83. The highest BCUT2D eigenvalue weighted by atomic mass is 35.5. The van der Waals surface area contributed by atoms with Crippen LogP contribution in [0.25, 0.3) is 0 Å². The van der Waals surface area contributed by atoms with Gasteiger partial charge in [-0.2, -0.15) is 13.2 Å². The van der Waals surface area contributed by atoms with Crippen LogP contribution in [0.3, 0.4) is 0 Å². The highest BCUT2D eigenvalue weighted by molar-refractivity contribution is 6.33. The van der Waals surface area contributed by atoms with E-state index in [0.29, 0.717) is 6.07 Å². The smallest absolute Gasteiger partial charge is 0.416 e. The molecule has 0 saturated heterocycles. The summed E-state index contributed by atoms with van der Waals surface area (Å²) in [7, 11) is 0. The summed E-state index contributed by atoms with van der Waals surface area (Å²) < 4.78 is 68.5. The zero-order valence-electron chi connectivity index (χ0n) is 11.8. The third-order valence-corrected chi connectivity index (χ3v) is 3.16. The van der Waals surface area contributed by atoms with E-state index in [1.165, 1.54) is 0 Å². The van der Waals surface area contributed by atoms with Gasteiger partial charge in [0, 0.05) is 6.07 Å². The van der Waals surface area contributed by atoms with Crippen LogP contribution in [-0.4, -0.2) is 12.5 Å². The van der Waals surface area contributed by atoms with Crippen molar-refractivity contribution >= 4 is 23.2 Å². The zero-order valence-corrected chi connectivity index (χ0v) is 12.5. The lowest BCUT2D eigenvalue weighted by Crippen LogP contribution is -2.20. The number of benzene rings is 2. The first-order valence-corrected chi connectivity index (χ1v) is 6.79. The second kappa shape index (κ2) is 7.04. The van der Waals surface area contributed by atoms with Gasteiger partial charge in [0.15, 0.2) is 18.2 Å². The van der Waals surface area contributed by atoms with Crippen LogP contribution in [0.2, 0.25) is 5.02 Å². The molecular formula is C15H9ClF5NO2. The number of rotatable bonds is 4. The number of carbonyl (C=O) groups is 1. The molecule has 0 aliphatic heterocycles. The van der Waals surface area contributed by atoms with Crippen LogP contribution < -0.4 is 10.1 Å². The predicted molar refractivity (Wildman–Crippen MR) is 76.9 cm³/mol. The molecular weight excluding hydrogens is 357 g/mol. The number of ether oxygens (including phenoxy) is 1. The molecule has 0 aliphatic carbocycles. The van der Waals surface area contributed by atoms with Gasteiger partial charge in [-0.3, -0.25) is 4.79 Å². The Morgan fingerprint density at radius 2 is 1.79 bits per heavy atom. The monoisotopic (exact) mass is 365 g/mol. The first-order chi connectivity index (χ1) is 11.2. The Morgan fingerprint density at radius 1 is 1.08 bits per heavy atom. The normalized spacial score (nSPS) is 11.2. The highest BCUT2D eigenvalue weighted by Crippen LogP contribution is 2.33. The lowest BCUT2D eigenvalue weighted by atomic mass is 10.2. The summed E-state index contributed by atoms with van der Waals surface area (Å²) in [5, 5.41) is 2.06. The summed E-state index contributed by atoms with van der Waals surface area (Å²) in [4.78, 5) is 11.7. The van der Waals surface area contributed by atoms with Crippen molar-refractivity contribution in [2.24, 2.45) is 0 Å². The van der Waals surface area contributed by atoms with Crippen LogP contribution in [0.4, 0.5) is 27.6 Å². The minimum Gasteiger partial charge on any atom is -0.484 e. The maximum Gasteiger partial charge on any atom is 0.416 e. The lowest BCUT2D eigenvalue weighted by Gasteiger charge is -2.12. The van der Waals surface area contributed by atoms with Gasteiger partial charge < -0.3 is 10.1 Å². The van der Waals surface area contributed by atoms with Gasteiger partial charge in [-0.1, -0.05) is 11.6 Å². The van der Waals surface area contributed by atoms with Crippen LogP contribution in [0, 0.1) is 11.6 Å². The summed E-state index contributed by atoms with van der Waals surface area (Å²) in [6, 6.07) is 5.10. The van der Waals surface area contributed by atoms with Crippen molar-refractivity contribution in [2.45, 2.75) is 6.18 Å². The number of halogens is 6. The summed E-state index contributed by atoms with van der Waals surface area (Å²) in [6.45, 7) is -0.627. The molecule has 2 aromatic rings. The third kappa shape index (κ3) is 4.58. The van der Waals surface area contributed by atoms with E-state index in [1.807, 2.05) is 0 Å². The molecule has 1 N–H and O–H groups in total. The maximum absolute atomic E-state index is 13.0. The van der Waals surface area contributed by atoms with Crippen molar-refractivity contribution in [3.05, 3.63) is 58.6 Å². The van der Waals surface area contributed by atoms with Crippen molar-refractivity contribution in [1.29, 1.82) is 0 Å². The number of hydrogen-bond acceptors (Lipinski definition) is 2. The van der Waals surface area contributed by atoms with Crippen LogP contribution in [0.1, 0.15) is 5.56 Å². The van der Waals surface area contributed by atoms with Gasteiger partial charge in [0.05, 0.1) is 16.3 Å². The first-order valence-electron chi connectivity index (χ1n) is 6.41. The fourth-order valence-corrected chi connectivity index (χ4v) is 1.86. The van der Waals surface area contributed by atoms with Gasteiger partial charge in [-0.25, -0.2) is 8.78 Å². The average Bonchev–Trinajstić information content (AvgIpc) is 2.49. The fourth-order valence-electron chi connectivity index (χ4n) is 1.70. The number of hydrogen-bond donors (Lipinski definition) is 1. The molecule has 0 saturated carbocycles. The Labute approximate surface area is 138 Å². The van der Waals surface area contributed by atoms with Crippen LogP contribution in [0.5, 0.6) is 5.75 Å². The molecule has 0 atom stereocenters. The summed E-state index contributed by atoms with van der Waals surface area (Å²) in [6.07, 6.45) is -4.59. The van der Waals surface area contributed by atoms with E-state index in [0.717, 1.165) is 30.3 Å². The number of anilines is 1. The van der Waals surface area contributed by atoms with Crippen molar-refractivity contribution in [3.8, 4) is 5.75 Å². The molecule has 0 fully saturated rings. The number of amides is 1. The van der Waals surface area contributed by atoms with Gasteiger partial charge in [-0.05, 0) is 30.3 Å². The van der Waals surface area contributed by atoms with Crippen LogP contribution in [0.15, 0.2) is 36.4 Å². The van der Waals surface area contributed by atoms with E-state index >= 15 is 0 Å². The van der Waals surface area contributed by atoms with Crippen LogP contribution in [-0.2, 0) is 11.0 Å². The Morgan fingerprint density at radius 3 is 2.42 bits per heavy atom. The molecule has 0 aliphatic rings. The minimum atomic E-state index is -4.59. The predicted octanol–water partition coefficient (Wildman–Crippen LogP) is 4.65. The molecule has 0 aromatic heterocycles. The Kier molecular flexibility index (Phi) is 5.28. The van der Waals surface area contributed by atoms with Crippen molar-refractivity contribution in [2.75, 3.05) is 11.9 Å². The lowest BCUT2D eigenvalue weighted by molar-refractivity contribution is -0.137. The summed E-state index contributed by atoms with van der Waals surface area (Å²) in [5.74, 6) is -3.17. The molecule has 128 valence electrons. The standard InChI is InChI=1S/C15H9ClF5NO2/c16-10-3-1-8(15(19,20)21)5-13(10)22-14(23)7-24-9-2-4-11(17)12(18)6-9/h1-6H,7H2,(H,22,23). The minimum absolute atomic E-state index is 0.0934. The SMILES string of the molecule is O=C(COc1ccc(F)c(F)c1)Nc1cc(C(F)(F)F)ccc1Cl. The van der Waals surface area contributed by atoms with Gasteiger partial charge in [0.2, 0.25) is 0 Å². The van der Waals surface area contributed by atoms with Gasteiger partial charge in [0.1, 0.15) is 5.75 Å². The molecule has 3 nitrogen and oxygen atoms in total. The fraction of sp³-hybridized carbons (Fsp3) is 0.133. The first kappa shape index (κ1) is 18.0. The van der Waals surface area contributed by atoms with Gasteiger partial charge in [0.25, 0.3) is 5.91 Å². The zero-order chi connectivity index (χ0) is 17.9. The average molecular weight is 366 g/mol. The molecule has 0 spiro atoms. The topological polar surface area (TPSA) is 38.3 Å². The molecule has 2 aromatic carbocycles. The molecule has 0 radical (unpaired) electrons. The quantitative estimate of drug-likeness (QED) is 0.801. The van der Waals surface area contributed by atoms with Crippen molar-refractivity contribution in [3.63, 3.8) is 0 Å². The van der Waals surface area contributed by atoms with Gasteiger partial charge in [-0.15, -0.1) is 0 Å². The number of alkyl halides is 3. The summed E-state index contributed by atoms with van der Waals surface area (Å²) in [5.41, 5.74) is -1.23. The molecule has 2 rings (SSSR count). The Balaban J connectivity index is 2.03. The van der Waals surface area contributed by atoms with E-state index in [4.69, 9.17) is 16.3 Å². The molecule has 0 unspecified atom stereocenters. The van der Waals surface area contributed by atoms with Crippen LogP contribution >= 0.6 is 11.6 Å². The molecule has 9 heteroatoms.